The third-order valence-electron chi connectivity index (χ3n) is 6.21. The molecule has 184 valence electrons. The Kier molecular flexibility index (Phi) is 8.13. The van der Waals surface area contributed by atoms with Crippen LogP contribution in [0, 0.1) is 12.8 Å². The summed E-state index contributed by atoms with van der Waals surface area (Å²) in [6, 6.07) is 20.7. The number of benzene rings is 3. The van der Waals surface area contributed by atoms with Gasteiger partial charge in [0.2, 0.25) is 10.0 Å². The summed E-state index contributed by atoms with van der Waals surface area (Å²) >= 11 is 13.5. The number of sulfonamides is 1. The fourth-order valence-electron chi connectivity index (χ4n) is 4.24. The van der Waals surface area contributed by atoms with Crippen molar-refractivity contribution in [3.63, 3.8) is 0 Å². The number of carbonyl (C=O) groups is 1. The van der Waals surface area contributed by atoms with Crippen molar-refractivity contribution in [2.24, 2.45) is 5.92 Å². The number of aliphatic carboxylic acids is 1. The zero-order chi connectivity index (χ0) is 25.2. The molecular formula is C26H25Cl2NO4S2. The normalized spacial score (nSPS) is 21.1. The summed E-state index contributed by atoms with van der Waals surface area (Å²) in [6.45, 7) is 1.86. The van der Waals surface area contributed by atoms with E-state index < -0.39 is 28.0 Å². The van der Waals surface area contributed by atoms with Gasteiger partial charge in [0, 0.05) is 27.6 Å². The first-order chi connectivity index (χ1) is 16.6. The van der Waals surface area contributed by atoms with Gasteiger partial charge in [-0.1, -0.05) is 65.2 Å². The lowest BCUT2D eigenvalue weighted by Crippen LogP contribution is -2.49. The highest BCUT2D eigenvalue weighted by atomic mass is 35.5. The van der Waals surface area contributed by atoms with Crippen molar-refractivity contribution in [1.82, 2.24) is 4.31 Å². The molecule has 0 aromatic heterocycles. The average molecular weight is 551 g/mol. The van der Waals surface area contributed by atoms with Crippen LogP contribution in [0.5, 0.6) is 0 Å². The van der Waals surface area contributed by atoms with Crippen LogP contribution in [0.3, 0.4) is 0 Å². The molecular weight excluding hydrogens is 525 g/mol. The van der Waals surface area contributed by atoms with Crippen LogP contribution >= 0.6 is 35.0 Å². The molecule has 1 saturated heterocycles. The average Bonchev–Trinajstić information content (AvgIpc) is 2.84. The second-order valence-electron chi connectivity index (χ2n) is 8.61. The van der Waals surface area contributed by atoms with Crippen molar-refractivity contribution in [3.05, 3.63) is 99.5 Å². The topological polar surface area (TPSA) is 74.7 Å². The number of halogens is 2. The molecule has 3 atom stereocenters. The Balaban J connectivity index is 1.68. The molecule has 4 rings (SSSR count). The van der Waals surface area contributed by atoms with Crippen LogP contribution in [0.15, 0.2) is 77.7 Å². The van der Waals surface area contributed by atoms with Crippen LogP contribution in [-0.4, -0.2) is 35.6 Å². The quantitative estimate of drug-likeness (QED) is 0.367. The molecule has 0 saturated carbocycles. The zero-order valence-corrected chi connectivity index (χ0v) is 22.1. The predicted octanol–water partition coefficient (Wildman–Crippen LogP) is 6.44. The molecule has 3 aromatic carbocycles. The van der Waals surface area contributed by atoms with E-state index in [1.54, 1.807) is 11.8 Å². The van der Waals surface area contributed by atoms with Gasteiger partial charge in [-0.3, -0.25) is 4.79 Å². The first-order valence-electron chi connectivity index (χ1n) is 11.1. The summed E-state index contributed by atoms with van der Waals surface area (Å²) in [5.41, 5.74) is 2.94. The lowest BCUT2D eigenvalue weighted by Gasteiger charge is -2.41. The molecule has 0 amide bonds. The molecule has 1 fully saturated rings. The molecule has 0 bridgehead atoms. The molecule has 0 aliphatic carbocycles. The Hall–Kier alpha value is -2.03. The van der Waals surface area contributed by atoms with Gasteiger partial charge in [-0.25, -0.2) is 8.42 Å². The largest absolute Gasteiger partial charge is 0.481 e. The van der Waals surface area contributed by atoms with Gasteiger partial charge in [0.15, 0.2) is 0 Å². The van der Waals surface area contributed by atoms with Crippen molar-refractivity contribution >= 4 is 51.0 Å². The van der Waals surface area contributed by atoms with Crippen LogP contribution in [-0.2, 0) is 20.6 Å². The highest BCUT2D eigenvalue weighted by Crippen LogP contribution is 2.43. The lowest BCUT2D eigenvalue weighted by atomic mass is 9.90. The first kappa shape index (κ1) is 26.0. The third kappa shape index (κ3) is 6.04. The summed E-state index contributed by atoms with van der Waals surface area (Å²) in [7, 11) is -3.96. The highest BCUT2D eigenvalue weighted by molar-refractivity contribution is 7.99. The van der Waals surface area contributed by atoms with E-state index >= 15 is 0 Å². The van der Waals surface area contributed by atoms with Crippen molar-refractivity contribution in [2.75, 3.05) is 6.54 Å². The van der Waals surface area contributed by atoms with E-state index in [1.807, 2.05) is 55.5 Å². The molecule has 1 aliphatic rings. The lowest BCUT2D eigenvalue weighted by molar-refractivity contribution is -0.143. The maximum atomic E-state index is 13.7. The van der Waals surface area contributed by atoms with E-state index in [4.69, 9.17) is 23.2 Å². The van der Waals surface area contributed by atoms with Crippen LogP contribution in [0.1, 0.15) is 29.2 Å². The van der Waals surface area contributed by atoms with Gasteiger partial charge in [-0.2, -0.15) is 16.1 Å². The van der Waals surface area contributed by atoms with Crippen LogP contribution in [0.2, 0.25) is 10.0 Å². The minimum absolute atomic E-state index is 0.0930. The Morgan fingerprint density at radius 2 is 1.54 bits per heavy atom. The number of nitrogens with zero attached hydrogens (tertiary/aromatic N) is 1. The van der Waals surface area contributed by atoms with E-state index in [1.165, 1.54) is 28.6 Å². The van der Waals surface area contributed by atoms with Crippen molar-refractivity contribution < 1.29 is 18.3 Å². The summed E-state index contributed by atoms with van der Waals surface area (Å²) in [5, 5.41) is 10.9. The Morgan fingerprint density at radius 3 is 2.11 bits per heavy atom. The molecule has 3 aromatic rings. The maximum Gasteiger partial charge on any atom is 0.308 e. The van der Waals surface area contributed by atoms with E-state index in [9.17, 15) is 18.3 Å². The Labute approximate surface area is 220 Å². The summed E-state index contributed by atoms with van der Waals surface area (Å²) in [5.74, 6) is -1.25. The number of rotatable bonds is 7. The number of thioether (sulfide) groups is 1. The third-order valence-corrected chi connectivity index (χ3v) is 10.0. The van der Waals surface area contributed by atoms with Crippen molar-refractivity contribution in [3.8, 4) is 0 Å². The van der Waals surface area contributed by atoms with Gasteiger partial charge in [0.1, 0.15) is 0 Å². The van der Waals surface area contributed by atoms with E-state index in [0.29, 0.717) is 22.2 Å². The molecule has 1 heterocycles. The van der Waals surface area contributed by atoms with Gasteiger partial charge in [0.25, 0.3) is 0 Å². The van der Waals surface area contributed by atoms with E-state index in [-0.39, 0.29) is 16.7 Å². The first-order valence-corrected chi connectivity index (χ1v) is 14.3. The summed E-state index contributed by atoms with van der Waals surface area (Å²) < 4.78 is 28.8. The van der Waals surface area contributed by atoms with Gasteiger partial charge < -0.3 is 5.11 Å². The minimum atomic E-state index is -3.96. The van der Waals surface area contributed by atoms with Crippen molar-refractivity contribution in [2.45, 2.75) is 35.3 Å². The molecule has 0 unspecified atom stereocenters. The second kappa shape index (κ2) is 10.9. The SMILES string of the molecule is Cc1ccc([C@@H]2C[C@@H](SCc3ccc(Cl)cc3)[C@H](C(=O)O)CN2S(=O)(=O)c2ccc(Cl)cc2)cc1. The molecule has 5 nitrogen and oxygen atoms in total. The molecule has 0 spiro atoms. The minimum Gasteiger partial charge on any atom is -0.481 e. The van der Waals surface area contributed by atoms with Gasteiger partial charge in [0.05, 0.1) is 16.9 Å². The number of hydrogen-bond donors (Lipinski definition) is 1. The van der Waals surface area contributed by atoms with Crippen LogP contribution in [0.25, 0.3) is 0 Å². The Morgan fingerprint density at radius 1 is 0.971 bits per heavy atom. The summed E-state index contributed by atoms with van der Waals surface area (Å²) in [4.78, 5) is 12.4. The summed E-state index contributed by atoms with van der Waals surface area (Å²) in [6.07, 6.45) is 0.380. The molecule has 0 radical (unpaired) electrons. The number of hydrogen-bond acceptors (Lipinski definition) is 4. The van der Waals surface area contributed by atoms with Crippen LogP contribution < -0.4 is 0 Å². The number of carboxylic acid groups (broad SMARTS) is 1. The zero-order valence-electron chi connectivity index (χ0n) is 19.0. The fourth-order valence-corrected chi connectivity index (χ4v) is 7.50. The Bertz CT molecular complexity index is 1280. The van der Waals surface area contributed by atoms with E-state index in [0.717, 1.165) is 16.7 Å². The maximum absolute atomic E-state index is 13.7. The monoisotopic (exact) mass is 549 g/mol. The molecule has 1 aliphatic heterocycles. The van der Waals surface area contributed by atoms with Crippen LogP contribution in [0.4, 0.5) is 0 Å². The standard InChI is InChI=1S/C26H25Cl2NO4S2/c1-17-2-6-19(7-3-17)24-14-25(34-16-18-4-8-20(27)9-5-18)23(26(30)31)15-29(24)35(32,33)22-12-10-21(28)11-13-22/h2-13,23-25H,14-16H2,1H3,(H,30,31)/t23-,24+,25-/m1/s1. The molecule has 9 heteroatoms. The van der Waals surface area contributed by atoms with Gasteiger partial charge in [-0.05, 0) is 60.9 Å². The predicted molar refractivity (Wildman–Crippen MR) is 142 cm³/mol. The highest BCUT2D eigenvalue weighted by Gasteiger charge is 2.45. The number of piperidine rings is 1. The van der Waals surface area contributed by atoms with Crippen molar-refractivity contribution in [1.29, 1.82) is 0 Å². The number of aryl methyl sites for hydroxylation is 1. The molecule has 35 heavy (non-hydrogen) atoms. The van der Waals surface area contributed by atoms with Gasteiger partial charge in [-0.15, -0.1) is 0 Å². The molecule has 1 N–H and O–H groups in total. The van der Waals surface area contributed by atoms with Gasteiger partial charge >= 0.3 is 5.97 Å². The second-order valence-corrected chi connectivity index (χ2v) is 12.6. The fraction of sp³-hybridized carbons (Fsp3) is 0.269. The number of carboxylic acids is 1. The van der Waals surface area contributed by atoms with E-state index in [2.05, 4.69) is 0 Å². The smallest absolute Gasteiger partial charge is 0.308 e.